The van der Waals surface area contributed by atoms with Gasteiger partial charge in [0, 0.05) is 6.92 Å². The van der Waals surface area contributed by atoms with Crippen LogP contribution < -0.4 is 15.5 Å². The minimum Gasteiger partial charge on any atom is -0.349 e. The molecule has 0 heterocycles. The van der Waals surface area contributed by atoms with Crippen LogP contribution in [0.3, 0.4) is 0 Å². The van der Waals surface area contributed by atoms with Crippen molar-refractivity contribution < 1.29 is 14.5 Å². The van der Waals surface area contributed by atoms with Gasteiger partial charge in [-0.3, -0.25) is 9.59 Å². The van der Waals surface area contributed by atoms with Gasteiger partial charge >= 0.3 is 0 Å². The number of nitrogens with one attached hydrogen (secondary N) is 3. The Morgan fingerprint density at radius 2 is 1.35 bits per heavy atom. The number of amides is 2. The summed E-state index contributed by atoms with van der Waals surface area (Å²) in [6.45, 7) is 2.25. The second-order valence-corrected chi connectivity index (χ2v) is 6.81. The number of rotatable bonds is 8. The van der Waals surface area contributed by atoms with Crippen LogP contribution in [0.25, 0.3) is 0 Å². The number of hydrogen-bond donors (Lipinski definition) is 3. The Labute approximate surface area is 155 Å². The molecule has 2 aromatic rings. The van der Waals surface area contributed by atoms with Gasteiger partial charge in [0.25, 0.3) is 0 Å². The lowest BCUT2D eigenvalue weighted by Gasteiger charge is -2.23. The smallest absolute Gasteiger partial charge is 0.223 e. The Kier molecular flexibility index (Phi) is 7.36. The molecule has 0 radical (unpaired) electrons. The van der Waals surface area contributed by atoms with E-state index in [9.17, 15) is 9.59 Å². The first-order valence-electron chi connectivity index (χ1n) is 8.91. The molecular weight excluding hydrogens is 326 g/mol. The van der Waals surface area contributed by atoms with E-state index < -0.39 is 0 Å². The average molecular weight is 354 g/mol. The molecule has 0 aromatic heterocycles. The fourth-order valence-electron chi connectivity index (χ4n) is 2.97. The summed E-state index contributed by atoms with van der Waals surface area (Å²) in [6.07, 6.45) is 0.204. The summed E-state index contributed by atoms with van der Waals surface area (Å²) < 4.78 is 0. The molecule has 0 bridgehead atoms. The molecular formula is C21H28N3O2+. The highest BCUT2D eigenvalue weighted by Crippen LogP contribution is 2.18. The minimum atomic E-state index is -0.336. The molecule has 2 rings (SSSR count). The molecule has 0 aliphatic rings. The fraction of sp³-hybridized carbons (Fsp3) is 0.333. The number of quaternary nitrogens is 1. The van der Waals surface area contributed by atoms with Crippen molar-refractivity contribution in [2.24, 2.45) is 0 Å². The van der Waals surface area contributed by atoms with Crippen LogP contribution >= 0.6 is 0 Å². The first-order chi connectivity index (χ1) is 12.5. The van der Waals surface area contributed by atoms with Crippen molar-refractivity contribution in [2.45, 2.75) is 25.4 Å². The quantitative estimate of drug-likeness (QED) is 0.668. The predicted molar refractivity (Wildman–Crippen MR) is 103 cm³/mol. The van der Waals surface area contributed by atoms with Crippen molar-refractivity contribution in [1.82, 2.24) is 10.6 Å². The summed E-state index contributed by atoms with van der Waals surface area (Å²) in [7, 11) is 4.12. The van der Waals surface area contributed by atoms with E-state index in [0.29, 0.717) is 0 Å². The number of benzene rings is 2. The monoisotopic (exact) mass is 354 g/mol. The lowest BCUT2D eigenvalue weighted by atomic mass is 10.0. The van der Waals surface area contributed by atoms with Gasteiger partial charge in [-0.25, -0.2) is 0 Å². The predicted octanol–water partition coefficient (Wildman–Crippen LogP) is 1.26. The van der Waals surface area contributed by atoms with Crippen molar-refractivity contribution in [3.63, 3.8) is 0 Å². The molecule has 2 atom stereocenters. The van der Waals surface area contributed by atoms with Gasteiger partial charge in [0.15, 0.2) is 0 Å². The van der Waals surface area contributed by atoms with Crippen molar-refractivity contribution in [3.05, 3.63) is 71.8 Å². The van der Waals surface area contributed by atoms with Gasteiger partial charge in [-0.2, -0.15) is 0 Å². The van der Waals surface area contributed by atoms with E-state index in [0.717, 1.165) is 17.7 Å². The molecule has 2 amide bonds. The summed E-state index contributed by atoms with van der Waals surface area (Å²) in [5.74, 6) is -0.230. The van der Waals surface area contributed by atoms with E-state index in [1.165, 1.54) is 11.8 Å². The standard InChI is InChI=1S/C21H27N3O2/c1-16(25)22-19(17-10-6-4-7-11-17)14-21(26)23-20(15-24(2)3)18-12-8-5-9-13-18/h4-13,19-20H,14-15H2,1-3H3,(H,22,25)(H,23,26)/p+1/t19-,20+/m1/s1. The Balaban J connectivity index is 2.10. The second kappa shape index (κ2) is 9.73. The Morgan fingerprint density at radius 3 is 1.81 bits per heavy atom. The van der Waals surface area contributed by atoms with Crippen LogP contribution in [-0.2, 0) is 9.59 Å². The van der Waals surface area contributed by atoms with Crippen molar-refractivity contribution in [2.75, 3.05) is 20.6 Å². The average Bonchev–Trinajstić information content (AvgIpc) is 2.61. The minimum absolute atomic E-state index is 0.0672. The Morgan fingerprint density at radius 1 is 0.846 bits per heavy atom. The topological polar surface area (TPSA) is 62.6 Å². The first-order valence-corrected chi connectivity index (χ1v) is 8.91. The van der Waals surface area contributed by atoms with Gasteiger partial charge in [0.05, 0.1) is 26.6 Å². The fourth-order valence-corrected chi connectivity index (χ4v) is 2.97. The van der Waals surface area contributed by atoms with E-state index >= 15 is 0 Å². The SMILES string of the molecule is CC(=O)N[C@H](CC(=O)N[C@@H](C[NH+](C)C)c1ccccc1)c1ccccc1. The number of likely N-dealkylation sites (N-methyl/N-ethyl adjacent to an activating group) is 1. The number of carbonyl (C=O) groups is 2. The van der Waals surface area contributed by atoms with Gasteiger partial charge < -0.3 is 15.5 Å². The van der Waals surface area contributed by atoms with Gasteiger partial charge in [0.1, 0.15) is 12.6 Å². The number of hydrogen-bond acceptors (Lipinski definition) is 2. The van der Waals surface area contributed by atoms with Crippen LogP contribution in [-0.4, -0.2) is 32.5 Å². The van der Waals surface area contributed by atoms with E-state index in [-0.39, 0.29) is 30.3 Å². The summed E-state index contributed by atoms with van der Waals surface area (Å²) in [6, 6.07) is 19.1. The van der Waals surface area contributed by atoms with Gasteiger partial charge in [-0.05, 0) is 11.1 Å². The van der Waals surface area contributed by atoms with Crippen LogP contribution in [0.2, 0.25) is 0 Å². The van der Waals surface area contributed by atoms with Crippen LogP contribution in [0.5, 0.6) is 0 Å². The van der Waals surface area contributed by atoms with E-state index in [2.05, 4.69) is 24.7 Å². The lowest BCUT2D eigenvalue weighted by molar-refractivity contribution is -0.860. The van der Waals surface area contributed by atoms with Crippen molar-refractivity contribution in [3.8, 4) is 0 Å². The molecule has 0 unspecified atom stereocenters. The molecule has 3 N–H and O–H groups in total. The molecule has 0 saturated heterocycles. The van der Waals surface area contributed by atoms with Crippen LogP contribution in [0.1, 0.15) is 36.6 Å². The zero-order valence-electron chi connectivity index (χ0n) is 15.7. The highest BCUT2D eigenvalue weighted by atomic mass is 16.2. The molecule has 5 heteroatoms. The zero-order chi connectivity index (χ0) is 18.9. The molecule has 138 valence electrons. The highest BCUT2D eigenvalue weighted by Gasteiger charge is 2.21. The van der Waals surface area contributed by atoms with Crippen LogP contribution in [0, 0.1) is 0 Å². The van der Waals surface area contributed by atoms with E-state index in [1.807, 2.05) is 60.7 Å². The normalized spacial score (nSPS) is 13.1. The molecule has 26 heavy (non-hydrogen) atoms. The summed E-state index contributed by atoms with van der Waals surface area (Å²) >= 11 is 0. The summed E-state index contributed by atoms with van der Waals surface area (Å²) in [5.41, 5.74) is 2.00. The van der Waals surface area contributed by atoms with E-state index in [1.54, 1.807) is 0 Å². The second-order valence-electron chi connectivity index (χ2n) is 6.81. The summed E-state index contributed by atoms with van der Waals surface area (Å²) in [4.78, 5) is 25.5. The maximum Gasteiger partial charge on any atom is 0.223 e. The van der Waals surface area contributed by atoms with Crippen LogP contribution in [0.4, 0.5) is 0 Å². The summed E-state index contributed by atoms with van der Waals surface area (Å²) in [5, 5.41) is 6.00. The highest BCUT2D eigenvalue weighted by molar-refractivity contribution is 5.79. The van der Waals surface area contributed by atoms with Crippen molar-refractivity contribution in [1.29, 1.82) is 0 Å². The van der Waals surface area contributed by atoms with Crippen molar-refractivity contribution >= 4 is 11.8 Å². The maximum atomic E-state index is 12.7. The molecule has 0 saturated carbocycles. The number of carbonyl (C=O) groups excluding carboxylic acids is 2. The Bertz CT molecular complexity index is 702. The largest absolute Gasteiger partial charge is 0.349 e. The Hall–Kier alpha value is -2.66. The van der Waals surface area contributed by atoms with Gasteiger partial charge in [0.2, 0.25) is 11.8 Å². The molecule has 0 aliphatic carbocycles. The third-order valence-electron chi connectivity index (χ3n) is 4.12. The zero-order valence-corrected chi connectivity index (χ0v) is 15.7. The van der Waals surface area contributed by atoms with Gasteiger partial charge in [-0.15, -0.1) is 0 Å². The molecule has 0 fully saturated rings. The molecule has 5 nitrogen and oxygen atoms in total. The van der Waals surface area contributed by atoms with E-state index in [4.69, 9.17) is 0 Å². The third-order valence-corrected chi connectivity index (χ3v) is 4.12. The van der Waals surface area contributed by atoms with Gasteiger partial charge in [-0.1, -0.05) is 60.7 Å². The molecule has 0 spiro atoms. The third kappa shape index (κ3) is 6.33. The van der Waals surface area contributed by atoms with Crippen LogP contribution in [0.15, 0.2) is 60.7 Å². The first kappa shape index (κ1) is 19.7. The maximum absolute atomic E-state index is 12.7. The molecule has 2 aromatic carbocycles. The lowest BCUT2D eigenvalue weighted by Crippen LogP contribution is -3.06. The molecule has 0 aliphatic heterocycles.